The molecule has 3 nitrogen and oxygen atoms in total. The fourth-order valence-electron chi connectivity index (χ4n) is 1.60. The molecule has 3 unspecified atom stereocenters. The van der Waals surface area contributed by atoms with Crippen molar-refractivity contribution in [2.75, 3.05) is 0 Å². The van der Waals surface area contributed by atoms with Gasteiger partial charge >= 0.3 is 5.97 Å². The van der Waals surface area contributed by atoms with E-state index in [2.05, 4.69) is 13.8 Å². The fourth-order valence-corrected chi connectivity index (χ4v) is 1.60. The molecule has 0 aliphatic rings. The van der Waals surface area contributed by atoms with Crippen molar-refractivity contribution in [2.24, 2.45) is 17.6 Å². The summed E-state index contributed by atoms with van der Waals surface area (Å²) in [5.74, 6) is 0.00833. The van der Waals surface area contributed by atoms with Crippen molar-refractivity contribution < 1.29 is 9.90 Å². The minimum absolute atomic E-state index is 0.0810. The second-order valence-corrected chi connectivity index (χ2v) is 4.24. The van der Waals surface area contributed by atoms with Crippen LogP contribution in [-0.2, 0) is 4.79 Å². The molecule has 0 bridgehead atoms. The van der Waals surface area contributed by atoms with Crippen LogP contribution in [0.2, 0.25) is 0 Å². The lowest BCUT2D eigenvalue weighted by atomic mass is 9.84. The molecular formula is C11H23NO2. The topological polar surface area (TPSA) is 63.3 Å². The summed E-state index contributed by atoms with van der Waals surface area (Å²) < 4.78 is 0. The summed E-state index contributed by atoms with van der Waals surface area (Å²) in [6.45, 7) is 6.37. The molecule has 3 atom stereocenters. The monoisotopic (exact) mass is 201 g/mol. The van der Waals surface area contributed by atoms with Crippen LogP contribution in [0.5, 0.6) is 0 Å². The highest BCUT2D eigenvalue weighted by molar-refractivity contribution is 5.67. The van der Waals surface area contributed by atoms with E-state index in [0.29, 0.717) is 5.92 Å². The van der Waals surface area contributed by atoms with E-state index in [-0.39, 0.29) is 18.4 Å². The molecule has 0 aliphatic heterocycles. The first-order chi connectivity index (χ1) is 6.49. The summed E-state index contributed by atoms with van der Waals surface area (Å²) in [4.78, 5) is 10.5. The van der Waals surface area contributed by atoms with Crippen molar-refractivity contribution in [2.45, 2.75) is 52.5 Å². The van der Waals surface area contributed by atoms with E-state index in [1.807, 2.05) is 6.92 Å². The highest BCUT2D eigenvalue weighted by atomic mass is 16.4. The number of rotatable bonds is 7. The molecule has 0 aromatic rings. The Morgan fingerprint density at radius 1 is 1.43 bits per heavy atom. The first-order valence-electron chi connectivity index (χ1n) is 5.46. The fraction of sp³-hybridized carbons (Fsp3) is 0.909. The molecule has 84 valence electrons. The van der Waals surface area contributed by atoms with Crippen LogP contribution >= 0.6 is 0 Å². The maximum Gasteiger partial charge on any atom is 0.304 e. The van der Waals surface area contributed by atoms with Gasteiger partial charge in [0.05, 0.1) is 6.42 Å². The average Bonchev–Trinajstić information content (AvgIpc) is 2.11. The van der Waals surface area contributed by atoms with Crippen LogP contribution in [0.15, 0.2) is 0 Å². The summed E-state index contributed by atoms with van der Waals surface area (Å²) in [6.07, 6.45) is 3.61. The number of carboxylic acids is 1. The van der Waals surface area contributed by atoms with Crippen molar-refractivity contribution in [3.8, 4) is 0 Å². The van der Waals surface area contributed by atoms with Crippen LogP contribution in [0, 0.1) is 11.8 Å². The Bertz CT molecular complexity index is 171. The van der Waals surface area contributed by atoms with Crippen molar-refractivity contribution in [3.05, 3.63) is 0 Å². The van der Waals surface area contributed by atoms with Gasteiger partial charge in [-0.2, -0.15) is 0 Å². The largest absolute Gasteiger partial charge is 0.481 e. The van der Waals surface area contributed by atoms with E-state index < -0.39 is 5.97 Å². The molecule has 0 aromatic heterocycles. The van der Waals surface area contributed by atoms with Gasteiger partial charge in [-0.1, -0.05) is 40.0 Å². The van der Waals surface area contributed by atoms with Gasteiger partial charge in [0.15, 0.2) is 0 Å². The summed E-state index contributed by atoms with van der Waals surface area (Å²) >= 11 is 0. The van der Waals surface area contributed by atoms with E-state index in [4.69, 9.17) is 10.8 Å². The third kappa shape index (κ3) is 5.22. The lowest BCUT2D eigenvalue weighted by Gasteiger charge is -2.24. The van der Waals surface area contributed by atoms with E-state index >= 15 is 0 Å². The molecule has 0 heterocycles. The number of hydrogen-bond donors (Lipinski definition) is 2. The summed E-state index contributed by atoms with van der Waals surface area (Å²) in [5.41, 5.74) is 5.81. The van der Waals surface area contributed by atoms with Crippen LogP contribution in [0.3, 0.4) is 0 Å². The van der Waals surface area contributed by atoms with Crippen molar-refractivity contribution in [1.29, 1.82) is 0 Å². The van der Waals surface area contributed by atoms with Gasteiger partial charge in [0, 0.05) is 6.04 Å². The molecule has 3 N–H and O–H groups in total. The van der Waals surface area contributed by atoms with Crippen LogP contribution in [0.4, 0.5) is 0 Å². The Labute approximate surface area is 86.7 Å². The number of hydrogen-bond acceptors (Lipinski definition) is 2. The normalized spacial score (nSPS) is 17.4. The minimum atomic E-state index is -0.799. The second kappa shape index (κ2) is 6.82. The summed E-state index contributed by atoms with van der Waals surface area (Å²) in [7, 11) is 0. The molecule has 3 heteroatoms. The Kier molecular flexibility index (Phi) is 6.54. The van der Waals surface area contributed by atoms with E-state index in [1.165, 1.54) is 12.8 Å². The maximum atomic E-state index is 10.5. The maximum absolute atomic E-state index is 10.5. The number of nitrogens with two attached hydrogens (primary N) is 1. The molecule has 14 heavy (non-hydrogen) atoms. The Balaban J connectivity index is 3.89. The molecule has 0 radical (unpaired) electrons. The Morgan fingerprint density at radius 2 is 2.00 bits per heavy atom. The first-order valence-corrected chi connectivity index (χ1v) is 5.46. The number of unbranched alkanes of at least 4 members (excludes halogenated alkanes) is 1. The molecule has 0 aliphatic carbocycles. The smallest absolute Gasteiger partial charge is 0.304 e. The average molecular weight is 201 g/mol. The van der Waals surface area contributed by atoms with Gasteiger partial charge in [-0.05, 0) is 11.8 Å². The zero-order chi connectivity index (χ0) is 11.1. The molecular weight excluding hydrogens is 178 g/mol. The molecule has 0 fully saturated rings. The highest BCUT2D eigenvalue weighted by Gasteiger charge is 2.21. The molecule has 0 saturated carbocycles. The summed E-state index contributed by atoms with van der Waals surface area (Å²) in [6, 6.07) is -0.209. The van der Waals surface area contributed by atoms with E-state index in [9.17, 15) is 4.79 Å². The predicted molar refractivity (Wildman–Crippen MR) is 58.1 cm³/mol. The number of aliphatic carboxylic acids is 1. The van der Waals surface area contributed by atoms with Crippen LogP contribution in [-0.4, -0.2) is 17.1 Å². The highest BCUT2D eigenvalue weighted by Crippen LogP contribution is 2.21. The molecule has 0 spiro atoms. The second-order valence-electron chi connectivity index (χ2n) is 4.24. The standard InChI is InChI=1S/C11H23NO2/c1-4-5-6-8(2)9(3)10(12)7-11(13)14/h8-10H,4-7,12H2,1-3H3,(H,13,14). The van der Waals surface area contributed by atoms with E-state index in [1.54, 1.807) is 0 Å². The van der Waals surface area contributed by atoms with E-state index in [0.717, 1.165) is 6.42 Å². The zero-order valence-corrected chi connectivity index (χ0v) is 9.49. The Hall–Kier alpha value is -0.570. The third-order valence-electron chi connectivity index (χ3n) is 3.00. The zero-order valence-electron chi connectivity index (χ0n) is 9.49. The van der Waals surface area contributed by atoms with Gasteiger partial charge in [-0.15, -0.1) is 0 Å². The SMILES string of the molecule is CCCCC(C)C(C)C(N)CC(=O)O. The molecule has 0 aromatic carbocycles. The van der Waals surface area contributed by atoms with Gasteiger partial charge in [0.25, 0.3) is 0 Å². The van der Waals surface area contributed by atoms with Crippen LogP contribution in [0.25, 0.3) is 0 Å². The van der Waals surface area contributed by atoms with Gasteiger partial charge in [0.1, 0.15) is 0 Å². The summed E-state index contributed by atoms with van der Waals surface area (Å²) in [5, 5.41) is 8.61. The quantitative estimate of drug-likeness (QED) is 0.664. The van der Waals surface area contributed by atoms with Gasteiger partial charge in [-0.25, -0.2) is 0 Å². The lowest BCUT2D eigenvalue weighted by molar-refractivity contribution is -0.137. The van der Waals surface area contributed by atoms with Gasteiger partial charge in [-0.3, -0.25) is 4.79 Å². The third-order valence-corrected chi connectivity index (χ3v) is 3.00. The first kappa shape index (κ1) is 13.4. The lowest BCUT2D eigenvalue weighted by Crippen LogP contribution is -2.34. The molecule has 0 saturated heterocycles. The van der Waals surface area contributed by atoms with Crippen molar-refractivity contribution in [3.63, 3.8) is 0 Å². The minimum Gasteiger partial charge on any atom is -0.481 e. The number of carboxylic acid groups (broad SMARTS) is 1. The number of carbonyl (C=O) groups is 1. The molecule has 0 amide bonds. The van der Waals surface area contributed by atoms with Crippen molar-refractivity contribution in [1.82, 2.24) is 0 Å². The Morgan fingerprint density at radius 3 is 2.43 bits per heavy atom. The van der Waals surface area contributed by atoms with Crippen LogP contribution < -0.4 is 5.73 Å². The predicted octanol–water partition coefficient (Wildman–Crippen LogP) is 2.25. The molecule has 0 rings (SSSR count). The van der Waals surface area contributed by atoms with Crippen molar-refractivity contribution >= 4 is 5.97 Å². The van der Waals surface area contributed by atoms with Gasteiger partial charge in [0.2, 0.25) is 0 Å². The van der Waals surface area contributed by atoms with Crippen LogP contribution in [0.1, 0.15) is 46.5 Å². The van der Waals surface area contributed by atoms with Gasteiger partial charge < -0.3 is 10.8 Å².